The third-order valence-corrected chi connectivity index (χ3v) is 5.42. The van der Waals surface area contributed by atoms with Gasteiger partial charge in [0.1, 0.15) is 11.4 Å². The van der Waals surface area contributed by atoms with Crippen LogP contribution in [-0.4, -0.2) is 34.4 Å². The molecule has 0 bridgehead atoms. The number of Topliss-reactive ketones (excluding diaryl/α,β-unsaturated/α-hetero) is 1. The molecule has 2 aliphatic rings. The van der Waals surface area contributed by atoms with Gasteiger partial charge in [-0.3, -0.25) is 9.69 Å². The van der Waals surface area contributed by atoms with Crippen LogP contribution in [0.3, 0.4) is 0 Å². The van der Waals surface area contributed by atoms with Crippen LogP contribution in [0.2, 0.25) is 0 Å². The first kappa shape index (κ1) is 14.7. The fourth-order valence-corrected chi connectivity index (χ4v) is 4.42. The minimum Gasteiger partial charge on any atom is -0.383 e. The Bertz CT molecular complexity index is 515. The van der Waals surface area contributed by atoms with Gasteiger partial charge in [0.25, 0.3) is 0 Å². The number of aliphatic hydroxyl groups is 1. The van der Waals surface area contributed by atoms with Crippen LogP contribution in [-0.2, 0) is 10.4 Å². The fourth-order valence-electron chi connectivity index (χ4n) is 4.42. The zero-order valence-electron chi connectivity index (χ0n) is 13.0. The van der Waals surface area contributed by atoms with Crippen LogP contribution >= 0.6 is 0 Å². The molecule has 0 radical (unpaired) electrons. The van der Waals surface area contributed by atoms with E-state index in [0.717, 1.165) is 18.5 Å². The fraction of sp³-hybridized carbons (Fsp3) is 0.611. The third-order valence-electron chi connectivity index (χ3n) is 5.42. The molecule has 1 aromatic carbocycles. The highest BCUT2D eigenvalue weighted by Gasteiger charge is 2.53. The first-order chi connectivity index (χ1) is 10.0. The first-order valence-electron chi connectivity index (χ1n) is 8.06. The van der Waals surface area contributed by atoms with Crippen LogP contribution in [0.5, 0.6) is 0 Å². The van der Waals surface area contributed by atoms with Crippen molar-refractivity contribution in [2.75, 3.05) is 6.54 Å². The molecular weight excluding hydrogens is 262 g/mol. The summed E-state index contributed by atoms with van der Waals surface area (Å²) in [5.74, 6) is 0.331. The van der Waals surface area contributed by atoms with Gasteiger partial charge in [-0.2, -0.15) is 0 Å². The summed E-state index contributed by atoms with van der Waals surface area (Å²) in [5, 5.41) is 11.6. The van der Waals surface area contributed by atoms with Gasteiger partial charge in [0.15, 0.2) is 0 Å². The molecule has 2 aliphatic heterocycles. The van der Waals surface area contributed by atoms with Crippen molar-refractivity contribution in [2.24, 2.45) is 5.92 Å². The van der Waals surface area contributed by atoms with Crippen molar-refractivity contribution in [3.8, 4) is 0 Å². The average Bonchev–Trinajstić information content (AvgIpc) is 2.92. The van der Waals surface area contributed by atoms with Crippen molar-refractivity contribution >= 4 is 5.78 Å². The third kappa shape index (κ3) is 2.43. The van der Waals surface area contributed by atoms with Gasteiger partial charge in [-0.1, -0.05) is 37.3 Å². The summed E-state index contributed by atoms with van der Waals surface area (Å²) in [6.07, 6.45) is 3.83. The molecule has 0 amide bonds. The van der Waals surface area contributed by atoms with Crippen LogP contribution in [0.25, 0.3) is 0 Å². The Labute approximate surface area is 127 Å². The zero-order chi connectivity index (χ0) is 15.0. The van der Waals surface area contributed by atoms with Crippen molar-refractivity contribution in [3.63, 3.8) is 0 Å². The zero-order valence-corrected chi connectivity index (χ0v) is 13.0. The van der Waals surface area contributed by atoms with E-state index in [0.29, 0.717) is 12.5 Å². The second kappa shape index (κ2) is 5.54. The molecule has 0 aliphatic carbocycles. The molecule has 0 saturated carbocycles. The van der Waals surface area contributed by atoms with Crippen molar-refractivity contribution in [1.29, 1.82) is 0 Å². The van der Waals surface area contributed by atoms with E-state index < -0.39 is 5.60 Å². The van der Waals surface area contributed by atoms with Crippen LogP contribution in [0, 0.1) is 5.92 Å². The Morgan fingerprint density at radius 1 is 1.38 bits per heavy atom. The maximum atomic E-state index is 11.8. The molecule has 3 heteroatoms. The molecule has 3 nitrogen and oxygen atoms in total. The Balaban J connectivity index is 2.03. The maximum Gasteiger partial charge on any atom is 0.131 e. The molecule has 2 fully saturated rings. The summed E-state index contributed by atoms with van der Waals surface area (Å²) in [4.78, 5) is 14.2. The van der Waals surface area contributed by atoms with Crippen LogP contribution < -0.4 is 0 Å². The average molecular weight is 287 g/mol. The van der Waals surface area contributed by atoms with Gasteiger partial charge in [-0.15, -0.1) is 0 Å². The lowest BCUT2D eigenvalue weighted by molar-refractivity contribution is -0.145. The number of hydrogen-bond donors (Lipinski definition) is 1. The molecular formula is C18H25NO2. The van der Waals surface area contributed by atoms with Crippen LogP contribution in [0.4, 0.5) is 0 Å². The van der Waals surface area contributed by atoms with Crippen molar-refractivity contribution < 1.29 is 9.90 Å². The van der Waals surface area contributed by atoms with Crippen molar-refractivity contribution in [3.05, 3.63) is 35.9 Å². The normalized spacial score (nSPS) is 36.4. The predicted octanol–water partition coefficient (Wildman–Crippen LogP) is 2.73. The van der Waals surface area contributed by atoms with E-state index in [-0.39, 0.29) is 17.7 Å². The number of nitrogens with zero attached hydrogens (tertiary/aromatic N) is 1. The van der Waals surface area contributed by atoms with E-state index in [1.807, 2.05) is 30.3 Å². The number of benzene rings is 1. The molecule has 0 spiro atoms. The Morgan fingerprint density at radius 2 is 2.10 bits per heavy atom. The van der Waals surface area contributed by atoms with Gasteiger partial charge in [0.05, 0.1) is 6.04 Å². The largest absolute Gasteiger partial charge is 0.383 e. The summed E-state index contributed by atoms with van der Waals surface area (Å²) < 4.78 is 0. The summed E-state index contributed by atoms with van der Waals surface area (Å²) in [6.45, 7) is 4.77. The van der Waals surface area contributed by atoms with E-state index in [9.17, 15) is 9.90 Å². The summed E-state index contributed by atoms with van der Waals surface area (Å²) >= 11 is 0. The van der Waals surface area contributed by atoms with Gasteiger partial charge in [0, 0.05) is 12.5 Å². The standard InChI is InChI=1S/C18H25NO2/c1-13-11-16-9-6-10-19(16)17(12-14(2)20)18(13,21)15-7-4-3-5-8-15/h3-5,7-8,13,16-17,21H,6,9-12H2,1-2H3/t13-,16-,17-,18-/m1/s1. The van der Waals surface area contributed by atoms with E-state index in [4.69, 9.17) is 0 Å². The number of piperidine rings is 1. The van der Waals surface area contributed by atoms with E-state index >= 15 is 0 Å². The van der Waals surface area contributed by atoms with E-state index in [1.54, 1.807) is 6.92 Å². The van der Waals surface area contributed by atoms with E-state index in [2.05, 4.69) is 11.8 Å². The number of hydrogen-bond acceptors (Lipinski definition) is 3. The lowest BCUT2D eigenvalue weighted by Crippen LogP contribution is -2.61. The Hall–Kier alpha value is -1.19. The number of carbonyl (C=O) groups is 1. The van der Waals surface area contributed by atoms with Gasteiger partial charge in [-0.25, -0.2) is 0 Å². The van der Waals surface area contributed by atoms with Gasteiger partial charge in [0.2, 0.25) is 0 Å². The Kier molecular flexibility index (Phi) is 3.89. The quantitative estimate of drug-likeness (QED) is 0.929. The smallest absolute Gasteiger partial charge is 0.131 e. The number of fused-ring (bicyclic) bond motifs is 1. The monoisotopic (exact) mass is 287 g/mol. The Morgan fingerprint density at radius 3 is 2.76 bits per heavy atom. The highest BCUT2D eigenvalue weighted by molar-refractivity contribution is 5.76. The predicted molar refractivity (Wildman–Crippen MR) is 82.9 cm³/mol. The van der Waals surface area contributed by atoms with Gasteiger partial charge in [-0.05, 0) is 44.2 Å². The molecule has 0 unspecified atom stereocenters. The molecule has 4 atom stereocenters. The number of carbonyl (C=O) groups excluding carboxylic acids is 1. The molecule has 3 rings (SSSR count). The van der Waals surface area contributed by atoms with E-state index in [1.165, 1.54) is 12.8 Å². The first-order valence-corrected chi connectivity index (χ1v) is 8.06. The summed E-state index contributed by atoms with van der Waals surface area (Å²) in [6, 6.07) is 10.4. The lowest BCUT2D eigenvalue weighted by Gasteiger charge is -2.52. The van der Waals surface area contributed by atoms with Crippen LogP contribution in [0.1, 0.15) is 45.1 Å². The molecule has 1 N–H and O–H groups in total. The van der Waals surface area contributed by atoms with Crippen LogP contribution in [0.15, 0.2) is 30.3 Å². The second-order valence-electron chi connectivity index (χ2n) is 6.78. The lowest BCUT2D eigenvalue weighted by atomic mass is 9.69. The molecule has 2 saturated heterocycles. The number of rotatable bonds is 3. The highest BCUT2D eigenvalue weighted by Crippen LogP contribution is 2.47. The van der Waals surface area contributed by atoms with Crippen molar-refractivity contribution in [1.82, 2.24) is 4.90 Å². The topological polar surface area (TPSA) is 40.5 Å². The van der Waals surface area contributed by atoms with Crippen molar-refractivity contribution in [2.45, 2.75) is 57.2 Å². The summed E-state index contributed by atoms with van der Waals surface area (Å²) in [7, 11) is 0. The molecule has 21 heavy (non-hydrogen) atoms. The molecule has 0 aromatic heterocycles. The minimum absolute atomic E-state index is 0.0892. The molecule has 114 valence electrons. The maximum absolute atomic E-state index is 11.8. The van der Waals surface area contributed by atoms with Gasteiger partial charge < -0.3 is 5.11 Å². The second-order valence-corrected chi connectivity index (χ2v) is 6.78. The number of ketones is 1. The molecule has 1 aromatic rings. The minimum atomic E-state index is -0.923. The summed E-state index contributed by atoms with van der Waals surface area (Å²) in [5.41, 5.74) is 0.0300. The SMILES string of the molecule is CC(=O)C[C@H]1N2CCC[C@@H]2C[C@@H](C)[C@@]1(O)c1ccccc1. The molecule has 2 heterocycles. The highest BCUT2D eigenvalue weighted by atomic mass is 16.3. The van der Waals surface area contributed by atoms with Gasteiger partial charge >= 0.3 is 0 Å².